The van der Waals surface area contributed by atoms with E-state index in [9.17, 15) is 0 Å². The second kappa shape index (κ2) is 5.96. The fourth-order valence-electron chi connectivity index (χ4n) is 2.64. The van der Waals surface area contributed by atoms with Gasteiger partial charge >= 0.3 is 0 Å². The fraction of sp³-hybridized carbons (Fsp3) is 0.211. The van der Waals surface area contributed by atoms with Crippen molar-refractivity contribution in [2.24, 2.45) is 0 Å². The highest BCUT2D eigenvalue weighted by atomic mass is 16.5. The summed E-state index contributed by atoms with van der Waals surface area (Å²) < 4.78 is 6.17. The molecule has 2 heteroatoms. The molecule has 0 bridgehead atoms. The van der Waals surface area contributed by atoms with E-state index in [2.05, 4.69) is 32.0 Å². The van der Waals surface area contributed by atoms with Gasteiger partial charge in [0, 0.05) is 10.9 Å². The minimum atomic E-state index is 0.860. The molecule has 0 aliphatic rings. The number of aromatic nitrogens is 1. The quantitative estimate of drug-likeness (QED) is 0.657. The highest BCUT2D eigenvalue weighted by Gasteiger charge is 2.14. The molecule has 0 aliphatic carbocycles. The summed E-state index contributed by atoms with van der Waals surface area (Å²) in [5.41, 5.74) is 3.31. The molecule has 0 fully saturated rings. The summed E-state index contributed by atoms with van der Waals surface area (Å²) in [5.74, 6) is 1.78. The maximum absolute atomic E-state index is 6.17. The Hall–Kier alpha value is -2.35. The molecule has 2 aromatic carbocycles. The molecule has 2 nitrogen and oxygen atoms in total. The average Bonchev–Trinajstić information content (AvgIpc) is 2.55. The van der Waals surface area contributed by atoms with Crippen LogP contribution in [0.15, 0.2) is 54.6 Å². The van der Waals surface area contributed by atoms with E-state index in [4.69, 9.17) is 9.72 Å². The standard InChI is InChI=1S/C19H19NO/c1-3-15-16-12-8-9-13-18(16)20-17(4-2)19(15)21-14-10-6-5-7-11-14/h5-13H,3-4H2,1-2H3. The molecule has 0 radical (unpaired) electrons. The summed E-state index contributed by atoms with van der Waals surface area (Å²) in [4.78, 5) is 4.77. The van der Waals surface area contributed by atoms with Gasteiger partial charge in [0.1, 0.15) is 5.75 Å². The van der Waals surface area contributed by atoms with Crippen molar-refractivity contribution < 1.29 is 4.74 Å². The second-order valence-electron chi connectivity index (χ2n) is 5.01. The SMILES string of the molecule is CCc1nc2ccccc2c(CC)c1Oc1ccccc1. The minimum absolute atomic E-state index is 0.860. The van der Waals surface area contributed by atoms with Crippen molar-refractivity contribution in [1.29, 1.82) is 0 Å². The van der Waals surface area contributed by atoms with Crippen molar-refractivity contribution in [2.75, 3.05) is 0 Å². The molecule has 0 aliphatic heterocycles. The Labute approximate surface area is 125 Å². The molecule has 21 heavy (non-hydrogen) atoms. The molecular weight excluding hydrogens is 258 g/mol. The molecule has 0 amide bonds. The number of pyridine rings is 1. The summed E-state index contributed by atoms with van der Waals surface area (Å²) in [6, 6.07) is 18.2. The van der Waals surface area contributed by atoms with Crippen LogP contribution in [0.3, 0.4) is 0 Å². The third-order valence-corrected chi connectivity index (χ3v) is 3.67. The van der Waals surface area contributed by atoms with E-state index in [1.807, 2.05) is 36.4 Å². The van der Waals surface area contributed by atoms with Gasteiger partial charge in [-0.15, -0.1) is 0 Å². The van der Waals surface area contributed by atoms with E-state index in [-0.39, 0.29) is 0 Å². The van der Waals surface area contributed by atoms with Crippen LogP contribution in [0.5, 0.6) is 11.5 Å². The van der Waals surface area contributed by atoms with E-state index in [1.165, 1.54) is 10.9 Å². The van der Waals surface area contributed by atoms with Crippen molar-refractivity contribution >= 4 is 10.9 Å². The molecule has 3 aromatic rings. The molecule has 1 heterocycles. The van der Waals surface area contributed by atoms with Crippen LogP contribution in [0.1, 0.15) is 25.1 Å². The molecule has 0 saturated carbocycles. The Morgan fingerprint density at radius 2 is 1.57 bits per heavy atom. The first-order valence-corrected chi connectivity index (χ1v) is 7.46. The minimum Gasteiger partial charge on any atom is -0.455 e. The fourth-order valence-corrected chi connectivity index (χ4v) is 2.64. The molecular formula is C19H19NO. The van der Waals surface area contributed by atoms with Crippen LogP contribution in [-0.4, -0.2) is 4.98 Å². The maximum atomic E-state index is 6.17. The number of hydrogen-bond acceptors (Lipinski definition) is 2. The summed E-state index contributed by atoms with van der Waals surface area (Å²) in [7, 11) is 0. The number of para-hydroxylation sites is 2. The first kappa shape index (κ1) is 13.6. The zero-order valence-electron chi connectivity index (χ0n) is 12.5. The molecule has 0 unspecified atom stereocenters. The lowest BCUT2D eigenvalue weighted by Gasteiger charge is -2.16. The van der Waals surface area contributed by atoms with Gasteiger partial charge in [-0.25, -0.2) is 4.98 Å². The molecule has 3 rings (SSSR count). The summed E-state index contributed by atoms with van der Waals surface area (Å²) in [5, 5.41) is 1.18. The van der Waals surface area contributed by atoms with E-state index in [1.54, 1.807) is 0 Å². The maximum Gasteiger partial charge on any atom is 0.152 e. The third-order valence-electron chi connectivity index (χ3n) is 3.67. The average molecular weight is 277 g/mol. The van der Waals surface area contributed by atoms with Crippen LogP contribution in [0.2, 0.25) is 0 Å². The monoisotopic (exact) mass is 277 g/mol. The van der Waals surface area contributed by atoms with Crippen LogP contribution >= 0.6 is 0 Å². The first-order chi connectivity index (χ1) is 10.3. The second-order valence-corrected chi connectivity index (χ2v) is 5.01. The van der Waals surface area contributed by atoms with Crippen molar-refractivity contribution in [3.8, 4) is 11.5 Å². The first-order valence-electron chi connectivity index (χ1n) is 7.46. The van der Waals surface area contributed by atoms with Gasteiger partial charge in [-0.3, -0.25) is 0 Å². The van der Waals surface area contributed by atoms with Gasteiger partial charge in [0.15, 0.2) is 5.75 Å². The number of rotatable bonds is 4. The van der Waals surface area contributed by atoms with Crippen molar-refractivity contribution in [3.05, 3.63) is 65.9 Å². The number of fused-ring (bicyclic) bond motifs is 1. The van der Waals surface area contributed by atoms with Crippen LogP contribution in [0.25, 0.3) is 10.9 Å². The normalized spacial score (nSPS) is 10.8. The van der Waals surface area contributed by atoms with E-state index in [0.717, 1.165) is 35.6 Å². The molecule has 0 spiro atoms. The summed E-state index contributed by atoms with van der Waals surface area (Å²) in [6.45, 7) is 4.29. The number of hydrogen-bond donors (Lipinski definition) is 0. The van der Waals surface area contributed by atoms with E-state index in [0.29, 0.717) is 0 Å². The van der Waals surface area contributed by atoms with Gasteiger partial charge in [-0.2, -0.15) is 0 Å². The highest BCUT2D eigenvalue weighted by molar-refractivity contribution is 5.85. The zero-order chi connectivity index (χ0) is 14.7. The third kappa shape index (κ3) is 2.62. The van der Waals surface area contributed by atoms with Gasteiger partial charge in [-0.05, 0) is 31.0 Å². The molecule has 0 atom stereocenters. The van der Waals surface area contributed by atoms with Gasteiger partial charge in [0.25, 0.3) is 0 Å². The summed E-state index contributed by atoms with van der Waals surface area (Å²) >= 11 is 0. The van der Waals surface area contributed by atoms with Gasteiger partial charge in [0.2, 0.25) is 0 Å². The summed E-state index contributed by atoms with van der Waals surface area (Å²) in [6.07, 6.45) is 1.79. The van der Waals surface area contributed by atoms with Crippen molar-refractivity contribution in [2.45, 2.75) is 26.7 Å². The lowest BCUT2D eigenvalue weighted by atomic mass is 10.0. The molecule has 0 N–H and O–H groups in total. The Kier molecular flexibility index (Phi) is 3.87. The topological polar surface area (TPSA) is 22.1 Å². The van der Waals surface area contributed by atoms with Gasteiger partial charge < -0.3 is 4.74 Å². The lowest BCUT2D eigenvalue weighted by molar-refractivity contribution is 0.469. The molecule has 0 saturated heterocycles. The number of benzene rings is 2. The van der Waals surface area contributed by atoms with Gasteiger partial charge in [0.05, 0.1) is 11.2 Å². The smallest absolute Gasteiger partial charge is 0.152 e. The Balaban J connectivity index is 2.19. The van der Waals surface area contributed by atoms with E-state index >= 15 is 0 Å². The molecule has 106 valence electrons. The highest BCUT2D eigenvalue weighted by Crippen LogP contribution is 2.34. The Morgan fingerprint density at radius 3 is 2.29 bits per heavy atom. The number of nitrogens with zero attached hydrogens (tertiary/aromatic N) is 1. The molecule has 1 aromatic heterocycles. The van der Waals surface area contributed by atoms with E-state index < -0.39 is 0 Å². The van der Waals surface area contributed by atoms with Crippen molar-refractivity contribution in [3.63, 3.8) is 0 Å². The predicted molar refractivity (Wildman–Crippen MR) is 87.0 cm³/mol. The van der Waals surface area contributed by atoms with Crippen molar-refractivity contribution in [1.82, 2.24) is 4.98 Å². The predicted octanol–water partition coefficient (Wildman–Crippen LogP) is 5.15. The van der Waals surface area contributed by atoms with Crippen LogP contribution < -0.4 is 4.74 Å². The zero-order valence-corrected chi connectivity index (χ0v) is 12.5. The largest absolute Gasteiger partial charge is 0.455 e. The van der Waals surface area contributed by atoms with Crippen LogP contribution in [0.4, 0.5) is 0 Å². The number of aryl methyl sites for hydroxylation is 2. The lowest BCUT2D eigenvalue weighted by Crippen LogP contribution is -2.00. The van der Waals surface area contributed by atoms with Gasteiger partial charge in [-0.1, -0.05) is 50.2 Å². The Morgan fingerprint density at radius 1 is 0.857 bits per heavy atom. The van der Waals surface area contributed by atoms with Crippen LogP contribution in [-0.2, 0) is 12.8 Å². The number of ether oxygens (including phenoxy) is 1. The van der Waals surface area contributed by atoms with Crippen LogP contribution in [0, 0.1) is 0 Å². The Bertz CT molecular complexity index is 750.